The average Bonchev–Trinajstić information content (AvgIpc) is 2.85. The predicted octanol–water partition coefficient (Wildman–Crippen LogP) is 1.75. The second kappa shape index (κ2) is 2.69. The van der Waals surface area contributed by atoms with Gasteiger partial charge in [-0.25, -0.2) is 4.28 Å². The van der Waals surface area contributed by atoms with Crippen LogP contribution in [0.3, 0.4) is 0 Å². The fourth-order valence-electron chi connectivity index (χ4n) is 0.975. The summed E-state index contributed by atoms with van der Waals surface area (Å²) in [5.74, 6) is 0. The van der Waals surface area contributed by atoms with Gasteiger partial charge in [-0.3, -0.25) is 10.1 Å². The van der Waals surface area contributed by atoms with Gasteiger partial charge in [0.2, 0.25) is 0 Å². The number of benzene rings is 1. The minimum absolute atomic E-state index is 0.104. The first-order valence-electron chi connectivity index (χ1n) is 3.60. The number of nitro groups is 1. The van der Waals surface area contributed by atoms with Gasteiger partial charge in [-0.2, -0.15) is 0 Å². The van der Waals surface area contributed by atoms with E-state index in [1.54, 1.807) is 12.1 Å². The Kier molecular flexibility index (Phi) is 1.76. The van der Waals surface area contributed by atoms with E-state index in [9.17, 15) is 10.1 Å². The van der Waals surface area contributed by atoms with Gasteiger partial charge < -0.3 is 0 Å². The fourth-order valence-corrected chi connectivity index (χ4v) is 2.23. The number of nitro benzene ring substituents is 1. The van der Waals surface area contributed by atoms with Gasteiger partial charge in [-0.1, -0.05) is 0 Å². The SMILES string of the molecule is CS1(c2ccc([N+](=O)[O-])cc2)NO1. The quantitative estimate of drug-likeness (QED) is 0.448. The first-order valence-corrected chi connectivity index (χ1v) is 5.56. The number of hydrogen-bond donors (Lipinski definition) is 1. The number of nitrogens with one attached hydrogen (secondary N) is 1. The van der Waals surface area contributed by atoms with Crippen molar-refractivity contribution in [2.75, 3.05) is 6.26 Å². The van der Waals surface area contributed by atoms with Crippen molar-refractivity contribution in [3.8, 4) is 0 Å². The molecule has 1 heterocycles. The van der Waals surface area contributed by atoms with Crippen LogP contribution < -0.4 is 4.89 Å². The maximum Gasteiger partial charge on any atom is 0.269 e. The third kappa shape index (κ3) is 1.51. The zero-order chi connectivity index (χ0) is 9.47. The third-order valence-corrected chi connectivity index (χ3v) is 3.67. The molecule has 6 heteroatoms. The lowest BCUT2D eigenvalue weighted by Crippen LogP contribution is -1.88. The van der Waals surface area contributed by atoms with Crippen molar-refractivity contribution in [2.24, 2.45) is 0 Å². The van der Waals surface area contributed by atoms with Crippen molar-refractivity contribution in [3.05, 3.63) is 34.4 Å². The van der Waals surface area contributed by atoms with Gasteiger partial charge in [0.15, 0.2) is 0 Å². The first kappa shape index (κ1) is 8.49. The van der Waals surface area contributed by atoms with E-state index < -0.39 is 15.4 Å². The van der Waals surface area contributed by atoms with Crippen LogP contribution in [0.25, 0.3) is 0 Å². The van der Waals surface area contributed by atoms with Crippen LogP contribution in [0.15, 0.2) is 29.2 Å². The lowest BCUT2D eigenvalue weighted by molar-refractivity contribution is -0.384. The monoisotopic (exact) mass is 200 g/mol. The van der Waals surface area contributed by atoms with E-state index in [1.807, 2.05) is 6.26 Å². The summed E-state index contributed by atoms with van der Waals surface area (Å²) in [6.45, 7) is 0. The van der Waals surface area contributed by atoms with Gasteiger partial charge in [0.1, 0.15) is 0 Å². The summed E-state index contributed by atoms with van der Waals surface area (Å²) in [5, 5.41) is 10.3. The zero-order valence-corrected chi connectivity index (χ0v) is 7.71. The first-order chi connectivity index (χ1) is 6.12. The van der Waals surface area contributed by atoms with E-state index in [-0.39, 0.29) is 5.69 Å². The molecule has 0 saturated carbocycles. The van der Waals surface area contributed by atoms with Crippen molar-refractivity contribution in [1.82, 2.24) is 4.89 Å². The Morgan fingerprint density at radius 3 is 2.38 bits per heavy atom. The second-order valence-corrected chi connectivity index (χ2v) is 5.25. The molecule has 1 fully saturated rings. The maximum absolute atomic E-state index is 10.3. The summed E-state index contributed by atoms with van der Waals surface area (Å²) < 4.78 is 5.05. The van der Waals surface area contributed by atoms with Crippen LogP contribution in [0.5, 0.6) is 0 Å². The highest BCUT2D eigenvalue weighted by atomic mass is 32.3. The van der Waals surface area contributed by atoms with Gasteiger partial charge >= 0.3 is 0 Å². The van der Waals surface area contributed by atoms with Gasteiger partial charge in [0, 0.05) is 23.3 Å². The van der Waals surface area contributed by atoms with Crippen molar-refractivity contribution >= 4 is 16.2 Å². The Hall–Kier alpha value is -1.11. The Balaban J connectivity index is 2.28. The molecule has 5 nitrogen and oxygen atoms in total. The van der Waals surface area contributed by atoms with E-state index in [0.29, 0.717) is 0 Å². The molecule has 1 aliphatic rings. The van der Waals surface area contributed by atoms with Crippen LogP contribution >= 0.6 is 10.5 Å². The molecule has 13 heavy (non-hydrogen) atoms. The minimum atomic E-state index is -1.27. The largest absolute Gasteiger partial charge is 0.269 e. The Labute approximate surface area is 76.5 Å². The molecule has 1 unspecified atom stereocenters. The average molecular weight is 200 g/mol. The molecular formula is C7H8N2O3S. The predicted molar refractivity (Wildman–Crippen MR) is 49.1 cm³/mol. The molecule has 0 aromatic heterocycles. The lowest BCUT2D eigenvalue weighted by atomic mass is 10.3. The lowest BCUT2D eigenvalue weighted by Gasteiger charge is -2.05. The van der Waals surface area contributed by atoms with Crippen molar-refractivity contribution < 1.29 is 9.21 Å². The second-order valence-electron chi connectivity index (χ2n) is 2.76. The van der Waals surface area contributed by atoms with Crippen molar-refractivity contribution in [2.45, 2.75) is 4.90 Å². The van der Waals surface area contributed by atoms with Crippen molar-refractivity contribution in [3.63, 3.8) is 0 Å². The standard InChI is InChI=1S/C7H8N2O3S/c1-13(8-12-13)7-4-2-6(3-5-7)9(10)11/h2-5,8H,1H3. The van der Waals surface area contributed by atoms with Gasteiger partial charge in [0.05, 0.1) is 4.92 Å². The molecule has 0 bridgehead atoms. The van der Waals surface area contributed by atoms with E-state index >= 15 is 0 Å². The van der Waals surface area contributed by atoms with Crippen LogP contribution in [0, 0.1) is 10.1 Å². The number of non-ortho nitro benzene ring substituents is 1. The molecule has 0 amide bonds. The highest BCUT2D eigenvalue weighted by Crippen LogP contribution is 2.60. The summed E-state index contributed by atoms with van der Waals surface area (Å²) in [5.41, 5.74) is 0.104. The number of nitrogens with zero attached hydrogens (tertiary/aromatic N) is 1. The number of hydrogen-bond acceptors (Lipinski definition) is 4. The van der Waals surface area contributed by atoms with Gasteiger partial charge in [0.25, 0.3) is 5.69 Å². The third-order valence-electron chi connectivity index (χ3n) is 1.83. The summed E-state index contributed by atoms with van der Waals surface area (Å²) in [6, 6.07) is 6.40. The molecule has 1 saturated heterocycles. The van der Waals surface area contributed by atoms with E-state index in [2.05, 4.69) is 4.89 Å². The van der Waals surface area contributed by atoms with E-state index in [1.165, 1.54) is 12.1 Å². The number of rotatable bonds is 2. The Morgan fingerprint density at radius 2 is 2.00 bits per heavy atom. The normalized spacial score (nSPS) is 30.5. The molecule has 70 valence electrons. The molecule has 1 N–H and O–H groups in total. The molecule has 0 radical (unpaired) electrons. The summed E-state index contributed by atoms with van der Waals surface area (Å²) in [7, 11) is -1.27. The fraction of sp³-hybridized carbons (Fsp3) is 0.143. The van der Waals surface area contributed by atoms with Gasteiger partial charge in [-0.15, -0.1) is 4.89 Å². The zero-order valence-electron chi connectivity index (χ0n) is 6.89. The smallest absolute Gasteiger partial charge is 0.258 e. The topological polar surface area (TPSA) is 77.6 Å². The summed E-state index contributed by atoms with van der Waals surface area (Å²) >= 11 is 0. The highest BCUT2D eigenvalue weighted by molar-refractivity contribution is 8.31. The molecule has 1 aromatic carbocycles. The molecule has 1 aliphatic heterocycles. The van der Waals surface area contributed by atoms with Crippen molar-refractivity contribution in [1.29, 1.82) is 0 Å². The molecule has 1 aromatic rings. The minimum Gasteiger partial charge on any atom is -0.258 e. The van der Waals surface area contributed by atoms with Crippen LogP contribution in [0.4, 0.5) is 5.69 Å². The molecule has 2 rings (SSSR count). The highest BCUT2D eigenvalue weighted by Gasteiger charge is 2.35. The molecule has 1 atom stereocenters. The Morgan fingerprint density at radius 1 is 1.46 bits per heavy atom. The summed E-state index contributed by atoms with van der Waals surface area (Å²) in [4.78, 5) is 13.7. The Bertz CT molecular complexity index is 347. The van der Waals surface area contributed by atoms with Crippen LogP contribution in [0.2, 0.25) is 0 Å². The molecule has 0 spiro atoms. The molecular weight excluding hydrogens is 192 g/mol. The van der Waals surface area contributed by atoms with Crippen LogP contribution in [-0.2, 0) is 4.28 Å². The van der Waals surface area contributed by atoms with Gasteiger partial charge in [-0.05, 0) is 22.6 Å². The van der Waals surface area contributed by atoms with Crippen LogP contribution in [0.1, 0.15) is 0 Å². The van der Waals surface area contributed by atoms with Crippen LogP contribution in [-0.4, -0.2) is 11.2 Å². The summed E-state index contributed by atoms with van der Waals surface area (Å²) in [6.07, 6.45) is 1.94. The van der Waals surface area contributed by atoms with E-state index in [4.69, 9.17) is 4.28 Å². The maximum atomic E-state index is 10.3. The molecule has 0 aliphatic carbocycles. The van der Waals surface area contributed by atoms with E-state index in [0.717, 1.165) is 4.90 Å².